The van der Waals surface area contributed by atoms with E-state index in [2.05, 4.69) is 109 Å². The van der Waals surface area contributed by atoms with Crippen LogP contribution < -0.4 is 16.4 Å². The molecule has 0 aliphatic carbocycles. The molecule has 4 heteroatoms. The van der Waals surface area contributed by atoms with Gasteiger partial charge in [0.05, 0.1) is 16.6 Å². The summed E-state index contributed by atoms with van der Waals surface area (Å²) in [5.74, 6) is 0.666. The standard InChI is InChI=1S/C33H21BN2O/c1-18-16-27-32-30(19(18)2)35-33-36(32)31-25(15-14-20-9-7-13-28(37-33)29(20)31)34(27)26-17-21-8-3-4-10-22(21)23-11-5-6-12-24(23)26/h3-17H,1-2H3. The summed E-state index contributed by atoms with van der Waals surface area (Å²) in [7, 11) is 0. The highest BCUT2D eigenvalue weighted by atomic mass is 16.3. The summed E-state index contributed by atoms with van der Waals surface area (Å²) in [6.45, 7) is 4.46. The summed E-state index contributed by atoms with van der Waals surface area (Å²) < 4.78 is 8.71. The van der Waals surface area contributed by atoms with Gasteiger partial charge in [-0.1, -0.05) is 90.4 Å². The van der Waals surface area contributed by atoms with Gasteiger partial charge in [0.25, 0.3) is 0 Å². The number of hydrogen-bond acceptors (Lipinski definition) is 2. The summed E-state index contributed by atoms with van der Waals surface area (Å²) in [6.07, 6.45) is 0. The van der Waals surface area contributed by atoms with E-state index in [1.807, 2.05) is 0 Å². The first kappa shape index (κ1) is 19.6. The lowest BCUT2D eigenvalue weighted by molar-refractivity contribution is 0.624. The van der Waals surface area contributed by atoms with E-state index < -0.39 is 0 Å². The second-order valence-corrected chi connectivity index (χ2v) is 10.5. The van der Waals surface area contributed by atoms with E-state index in [9.17, 15) is 0 Å². The number of fused-ring (bicyclic) bond motifs is 3. The molecule has 0 radical (unpaired) electrons. The Bertz CT molecular complexity index is 2290. The molecule has 3 nitrogen and oxygen atoms in total. The summed E-state index contributed by atoms with van der Waals surface area (Å²) in [5, 5.41) is 7.54. The molecular weight excluding hydrogens is 451 g/mol. The third kappa shape index (κ3) is 2.32. The molecule has 0 N–H and O–H groups in total. The summed E-state index contributed by atoms with van der Waals surface area (Å²) in [5.41, 5.74) is 10.7. The number of aromatic nitrogens is 2. The molecule has 2 aromatic heterocycles. The quantitative estimate of drug-likeness (QED) is 0.212. The predicted octanol–water partition coefficient (Wildman–Crippen LogP) is 6.14. The average Bonchev–Trinajstić information content (AvgIpc) is 3.32. The van der Waals surface area contributed by atoms with Crippen LogP contribution in [0.2, 0.25) is 0 Å². The van der Waals surface area contributed by atoms with Crippen LogP contribution in [0.3, 0.4) is 0 Å². The van der Waals surface area contributed by atoms with Crippen molar-refractivity contribution in [1.29, 1.82) is 0 Å². The van der Waals surface area contributed by atoms with Crippen molar-refractivity contribution in [3.8, 4) is 0 Å². The van der Waals surface area contributed by atoms with Crippen LogP contribution in [0.25, 0.3) is 60.3 Å². The zero-order valence-corrected chi connectivity index (χ0v) is 20.5. The minimum atomic E-state index is 0.0823. The number of nitrogens with zero attached hydrogens (tertiary/aromatic N) is 2. The first-order valence-electron chi connectivity index (χ1n) is 12.9. The van der Waals surface area contributed by atoms with Crippen molar-refractivity contribution in [2.24, 2.45) is 0 Å². The normalized spacial score (nSPS) is 13.1. The van der Waals surface area contributed by atoms with Crippen LogP contribution in [0.5, 0.6) is 0 Å². The van der Waals surface area contributed by atoms with E-state index in [0.717, 1.165) is 11.1 Å². The van der Waals surface area contributed by atoms with E-state index >= 15 is 0 Å². The summed E-state index contributed by atoms with van der Waals surface area (Å²) >= 11 is 0. The fourth-order valence-electron chi connectivity index (χ4n) is 6.85. The number of benzene rings is 6. The van der Waals surface area contributed by atoms with E-state index in [4.69, 9.17) is 9.40 Å². The van der Waals surface area contributed by atoms with Crippen LogP contribution in [-0.2, 0) is 0 Å². The number of rotatable bonds is 1. The topological polar surface area (TPSA) is 30.4 Å². The van der Waals surface area contributed by atoms with E-state index in [1.54, 1.807) is 0 Å². The van der Waals surface area contributed by atoms with Gasteiger partial charge in [0.2, 0.25) is 6.71 Å². The molecule has 0 saturated carbocycles. The van der Waals surface area contributed by atoms with Crippen LogP contribution in [0, 0.1) is 13.8 Å². The second-order valence-electron chi connectivity index (χ2n) is 10.5. The molecule has 1 aliphatic rings. The predicted molar refractivity (Wildman–Crippen MR) is 156 cm³/mol. The lowest BCUT2D eigenvalue weighted by Crippen LogP contribution is -2.55. The Kier molecular flexibility index (Phi) is 3.50. The Labute approximate surface area is 213 Å². The number of imidazole rings is 1. The van der Waals surface area contributed by atoms with Crippen LogP contribution in [0.1, 0.15) is 11.1 Å². The van der Waals surface area contributed by atoms with Gasteiger partial charge in [-0.15, -0.1) is 0 Å². The Morgan fingerprint density at radius 2 is 1.46 bits per heavy atom. The molecule has 172 valence electrons. The van der Waals surface area contributed by atoms with Crippen LogP contribution in [0.4, 0.5) is 0 Å². The zero-order valence-electron chi connectivity index (χ0n) is 20.5. The Morgan fingerprint density at radius 1 is 0.676 bits per heavy atom. The van der Waals surface area contributed by atoms with Crippen molar-refractivity contribution >= 4 is 83.4 Å². The lowest BCUT2D eigenvalue weighted by Gasteiger charge is -2.26. The van der Waals surface area contributed by atoms with Gasteiger partial charge in [-0.05, 0) is 68.9 Å². The first-order valence-corrected chi connectivity index (χ1v) is 12.9. The monoisotopic (exact) mass is 472 g/mol. The van der Waals surface area contributed by atoms with Gasteiger partial charge in [0.1, 0.15) is 5.58 Å². The minimum absolute atomic E-state index is 0.0823. The van der Waals surface area contributed by atoms with Crippen molar-refractivity contribution in [3.63, 3.8) is 0 Å². The van der Waals surface area contributed by atoms with Crippen molar-refractivity contribution in [2.45, 2.75) is 13.8 Å². The number of aryl methyl sites for hydroxylation is 2. The maximum absolute atomic E-state index is 6.43. The van der Waals surface area contributed by atoms with Crippen LogP contribution >= 0.6 is 0 Å². The van der Waals surface area contributed by atoms with Gasteiger partial charge in [0.15, 0.2) is 0 Å². The highest BCUT2D eigenvalue weighted by Crippen LogP contribution is 2.34. The van der Waals surface area contributed by atoms with Crippen molar-refractivity contribution in [3.05, 3.63) is 102 Å². The molecule has 0 spiro atoms. The van der Waals surface area contributed by atoms with Gasteiger partial charge < -0.3 is 4.42 Å². The van der Waals surface area contributed by atoms with Gasteiger partial charge in [0, 0.05) is 5.39 Å². The van der Waals surface area contributed by atoms with Crippen molar-refractivity contribution in [2.75, 3.05) is 0 Å². The van der Waals surface area contributed by atoms with Gasteiger partial charge in [-0.25, -0.2) is 0 Å². The summed E-state index contributed by atoms with van der Waals surface area (Å²) in [4.78, 5) is 5.07. The molecule has 0 fully saturated rings. The van der Waals surface area contributed by atoms with E-state index in [-0.39, 0.29) is 6.71 Å². The van der Waals surface area contributed by atoms with E-state index in [0.29, 0.717) is 5.84 Å². The molecule has 3 heterocycles. The van der Waals surface area contributed by atoms with Gasteiger partial charge >= 0.3 is 5.84 Å². The Morgan fingerprint density at radius 3 is 2.35 bits per heavy atom. The first-order chi connectivity index (χ1) is 18.2. The molecule has 1 aliphatic heterocycles. The maximum atomic E-state index is 6.43. The Hall–Kier alpha value is -4.57. The highest BCUT2D eigenvalue weighted by Gasteiger charge is 2.35. The van der Waals surface area contributed by atoms with Crippen molar-refractivity contribution in [1.82, 2.24) is 9.38 Å². The zero-order chi connectivity index (χ0) is 24.4. The Balaban J connectivity index is 1.56. The third-order valence-corrected chi connectivity index (χ3v) is 8.61. The molecule has 6 aromatic carbocycles. The van der Waals surface area contributed by atoms with Crippen molar-refractivity contribution < 1.29 is 4.42 Å². The molecule has 0 bridgehead atoms. The molecule has 9 rings (SSSR count). The molecular formula is C33H21BN2O. The third-order valence-electron chi connectivity index (χ3n) is 8.61. The van der Waals surface area contributed by atoms with E-state index in [1.165, 1.54) is 70.9 Å². The lowest BCUT2D eigenvalue weighted by atomic mass is 9.35. The molecule has 0 amide bonds. The minimum Gasteiger partial charge on any atom is -0.424 e. The average molecular weight is 472 g/mol. The molecule has 0 saturated heterocycles. The van der Waals surface area contributed by atoms with Crippen LogP contribution in [-0.4, -0.2) is 16.1 Å². The highest BCUT2D eigenvalue weighted by molar-refractivity contribution is 7.00. The molecule has 0 unspecified atom stereocenters. The SMILES string of the molecule is Cc1cc2c3c(nc4oc5cccc6ccc(c(c65)n43)B2c2cc3ccccc3c3ccccc23)c1C. The van der Waals surface area contributed by atoms with Crippen LogP contribution in [0.15, 0.2) is 95.4 Å². The molecule has 37 heavy (non-hydrogen) atoms. The fourth-order valence-corrected chi connectivity index (χ4v) is 6.85. The molecule has 0 atom stereocenters. The van der Waals surface area contributed by atoms with Gasteiger partial charge in [-0.2, -0.15) is 4.98 Å². The maximum Gasteiger partial charge on any atom is 0.307 e. The largest absolute Gasteiger partial charge is 0.424 e. The number of hydrogen-bond donors (Lipinski definition) is 0. The second kappa shape index (κ2) is 6.60. The van der Waals surface area contributed by atoms with Gasteiger partial charge in [-0.3, -0.25) is 4.40 Å². The molecule has 8 aromatic rings. The smallest absolute Gasteiger partial charge is 0.307 e. The fraction of sp³-hybridized carbons (Fsp3) is 0.0606. The summed E-state index contributed by atoms with van der Waals surface area (Å²) in [6, 6.07) is 33.3.